The molecule has 6 heteroatoms. The maximum Gasteiger partial charge on any atom is 0.228 e. The Hall–Kier alpha value is -2.21. The third-order valence-electron chi connectivity index (χ3n) is 4.92. The van der Waals surface area contributed by atoms with Crippen molar-refractivity contribution in [1.82, 2.24) is 20.1 Å². The fourth-order valence-corrected chi connectivity index (χ4v) is 3.72. The summed E-state index contributed by atoms with van der Waals surface area (Å²) in [6.45, 7) is 4.30. The van der Waals surface area contributed by atoms with Gasteiger partial charge in [-0.2, -0.15) is 5.10 Å². The van der Waals surface area contributed by atoms with Gasteiger partial charge in [0.1, 0.15) is 11.6 Å². The van der Waals surface area contributed by atoms with Crippen molar-refractivity contribution >= 4 is 11.6 Å². The number of para-hydroxylation sites is 1. The summed E-state index contributed by atoms with van der Waals surface area (Å²) < 4.78 is 2.00. The number of benzene rings is 1. The lowest BCUT2D eigenvalue weighted by molar-refractivity contribution is -0.118. The van der Waals surface area contributed by atoms with E-state index >= 15 is 0 Å². The van der Waals surface area contributed by atoms with Crippen molar-refractivity contribution in [2.75, 3.05) is 18.0 Å². The van der Waals surface area contributed by atoms with Gasteiger partial charge in [-0.1, -0.05) is 18.2 Å². The van der Waals surface area contributed by atoms with E-state index in [4.69, 9.17) is 0 Å². The number of amides is 1. The minimum atomic E-state index is 0.209. The Bertz CT molecular complexity index is 754. The Morgan fingerprint density at radius 3 is 3.12 bits per heavy atom. The van der Waals surface area contributed by atoms with E-state index in [0.29, 0.717) is 19.0 Å². The molecule has 0 aliphatic carbocycles. The fraction of sp³-hybridized carbons (Fsp3) is 0.500. The minimum Gasteiger partial charge on any atom is -0.312 e. The SMILES string of the molecule is Cc1nc2n(n1)C[C@@H](NCCC(=O)N1CCc3ccccc31)CC2. The molecule has 1 aromatic carbocycles. The maximum absolute atomic E-state index is 12.5. The number of carbonyl (C=O) groups is 1. The number of nitrogens with one attached hydrogen (secondary N) is 1. The average Bonchev–Trinajstić information content (AvgIpc) is 3.16. The molecule has 1 N–H and O–H groups in total. The summed E-state index contributed by atoms with van der Waals surface area (Å²) in [5.41, 5.74) is 2.36. The van der Waals surface area contributed by atoms with Gasteiger partial charge in [0.25, 0.3) is 0 Å². The Kier molecular flexibility index (Phi) is 4.06. The summed E-state index contributed by atoms with van der Waals surface area (Å²) in [6.07, 6.45) is 3.51. The first kappa shape index (κ1) is 15.3. The molecular formula is C18H23N5O. The predicted molar refractivity (Wildman–Crippen MR) is 92.0 cm³/mol. The molecule has 0 spiro atoms. The van der Waals surface area contributed by atoms with Gasteiger partial charge in [-0.3, -0.25) is 4.79 Å². The molecule has 0 saturated carbocycles. The van der Waals surface area contributed by atoms with Crippen LogP contribution in [0.5, 0.6) is 0 Å². The quantitative estimate of drug-likeness (QED) is 0.925. The number of hydrogen-bond acceptors (Lipinski definition) is 4. The van der Waals surface area contributed by atoms with Crippen molar-refractivity contribution in [3.63, 3.8) is 0 Å². The second-order valence-corrected chi connectivity index (χ2v) is 6.62. The third-order valence-corrected chi connectivity index (χ3v) is 4.92. The molecule has 2 aliphatic heterocycles. The van der Waals surface area contributed by atoms with Crippen molar-refractivity contribution in [3.05, 3.63) is 41.5 Å². The molecule has 3 heterocycles. The van der Waals surface area contributed by atoms with Gasteiger partial charge in [0.05, 0.1) is 6.54 Å². The van der Waals surface area contributed by atoms with Crippen LogP contribution in [0.3, 0.4) is 0 Å². The molecule has 126 valence electrons. The summed E-state index contributed by atoms with van der Waals surface area (Å²) in [6, 6.07) is 8.57. The minimum absolute atomic E-state index is 0.209. The molecule has 0 unspecified atom stereocenters. The highest BCUT2D eigenvalue weighted by atomic mass is 16.2. The summed E-state index contributed by atoms with van der Waals surface area (Å²) in [5, 5.41) is 7.94. The van der Waals surface area contributed by atoms with Crippen LogP contribution in [0.4, 0.5) is 5.69 Å². The second-order valence-electron chi connectivity index (χ2n) is 6.62. The molecule has 0 saturated heterocycles. The van der Waals surface area contributed by atoms with E-state index in [9.17, 15) is 4.79 Å². The van der Waals surface area contributed by atoms with Gasteiger partial charge < -0.3 is 10.2 Å². The number of hydrogen-bond donors (Lipinski definition) is 1. The Balaban J connectivity index is 1.28. The molecule has 2 aromatic rings. The number of aryl methyl sites for hydroxylation is 2. The van der Waals surface area contributed by atoms with Crippen molar-refractivity contribution < 1.29 is 4.79 Å². The largest absolute Gasteiger partial charge is 0.312 e. The molecule has 0 fully saturated rings. The lowest BCUT2D eigenvalue weighted by Gasteiger charge is -2.24. The van der Waals surface area contributed by atoms with Gasteiger partial charge in [0, 0.05) is 37.7 Å². The number of nitrogens with zero attached hydrogens (tertiary/aromatic N) is 4. The van der Waals surface area contributed by atoms with Crippen molar-refractivity contribution in [2.45, 2.75) is 45.2 Å². The van der Waals surface area contributed by atoms with Gasteiger partial charge >= 0.3 is 0 Å². The zero-order chi connectivity index (χ0) is 16.5. The Labute approximate surface area is 141 Å². The highest BCUT2D eigenvalue weighted by Gasteiger charge is 2.24. The average molecular weight is 325 g/mol. The first-order chi connectivity index (χ1) is 11.7. The van der Waals surface area contributed by atoms with Crippen molar-refractivity contribution in [1.29, 1.82) is 0 Å². The fourth-order valence-electron chi connectivity index (χ4n) is 3.72. The van der Waals surface area contributed by atoms with Crippen LogP contribution in [0.2, 0.25) is 0 Å². The van der Waals surface area contributed by atoms with Crippen LogP contribution in [-0.2, 0) is 24.2 Å². The van der Waals surface area contributed by atoms with Gasteiger partial charge in [-0.15, -0.1) is 0 Å². The van der Waals surface area contributed by atoms with E-state index in [1.165, 1.54) is 5.56 Å². The second kappa shape index (κ2) is 6.36. The molecular weight excluding hydrogens is 302 g/mol. The summed E-state index contributed by atoms with van der Waals surface area (Å²) in [7, 11) is 0. The first-order valence-corrected chi connectivity index (χ1v) is 8.72. The lowest BCUT2D eigenvalue weighted by atomic mass is 10.1. The molecule has 6 nitrogen and oxygen atoms in total. The predicted octanol–water partition coefficient (Wildman–Crippen LogP) is 1.47. The summed E-state index contributed by atoms with van der Waals surface area (Å²) in [5.74, 6) is 2.13. The molecule has 1 atom stereocenters. The van der Waals surface area contributed by atoms with Crippen molar-refractivity contribution in [3.8, 4) is 0 Å². The van der Waals surface area contributed by atoms with Crippen LogP contribution in [0.25, 0.3) is 0 Å². The molecule has 24 heavy (non-hydrogen) atoms. The topological polar surface area (TPSA) is 63.1 Å². The first-order valence-electron chi connectivity index (χ1n) is 8.72. The Morgan fingerprint density at radius 1 is 1.33 bits per heavy atom. The number of aromatic nitrogens is 3. The van der Waals surface area contributed by atoms with E-state index < -0.39 is 0 Å². The molecule has 4 rings (SSSR count). The number of rotatable bonds is 4. The van der Waals surface area contributed by atoms with Gasteiger partial charge in [0.2, 0.25) is 5.91 Å². The smallest absolute Gasteiger partial charge is 0.228 e. The third kappa shape index (κ3) is 2.94. The van der Waals surface area contributed by atoms with Gasteiger partial charge in [-0.25, -0.2) is 9.67 Å². The standard InChI is InChI=1S/C18H23N5O/c1-13-20-17-7-6-15(12-23(17)21-13)19-10-8-18(24)22-11-9-14-4-2-3-5-16(14)22/h2-5,15,19H,6-12H2,1H3/t15-/m0/s1. The number of anilines is 1. The highest BCUT2D eigenvalue weighted by Crippen LogP contribution is 2.27. The molecule has 0 bridgehead atoms. The Morgan fingerprint density at radius 2 is 2.21 bits per heavy atom. The van der Waals surface area contributed by atoms with Gasteiger partial charge in [-0.05, 0) is 31.4 Å². The van der Waals surface area contributed by atoms with Crippen LogP contribution in [0.15, 0.2) is 24.3 Å². The molecule has 0 radical (unpaired) electrons. The van der Waals surface area contributed by atoms with E-state index in [1.807, 2.05) is 34.7 Å². The van der Waals surface area contributed by atoms with E-state index in [-0.39, 0.29) is 5.91 Å². The van der Waals surface area contributed by atoms with Crippen LogP contribution >= 0.6 is 0 Å². The van der Waals surface area contributed by atoms with Crippen molar-refractivity contribution in [2.24, 2.45) is 0 Å². The molecule has 1 aromatic heterocycles. The van der Waals surface area contributed by atoms with Crippen LogP contribution in [0, 0.1) is 6.92 Å². The highest BCUT2D eigenvalue weighted by molar-refractivity contribution is 5.95. The van der Waals surface area contributed by atoms with Crippen LogP contribution in [-0.4, -0.2) is 39.8 Å². The van der Waals surface area contributed by atoms with E-state index in [0.717, 1.165) is 49.7 Å². The number of carbonyl (C=O) groups excluding carboxylic acids is 1. The normalized spacial score (nSPS) is 19.2. The summed E-state index contributed by atoms with van der Waals surface area (Å²) in [4.78, 5) is 18.9. The van der Waals surface area contributed by atoms with Gasteiger partial charge in [0.15, 0.2) is 0 Å². The number of fused-ring (bicyclic) bond motifs is 2. The maximum atomic E-state index is 12.5. The molecule has 2 aliphatic rings. The molecule has 1 amide bonds. The zero-order valence-electron chi connectivity index (χ0n) is 14.0. The zero-order valence-corrected chi connectivity index (χ0v) is 14.0. The van der Waals surface area contributed by atoms with E-state index in [1.54, 1.807) is 0 Å². The van der Waals surface area contributed by atoms with Crippen LogP contribution < -0.4 is 10.2 Å². The summed E-state index contributed by atoms with van der Waals surface area (Å²) >= 11 is 0. The van der Waals surface area contributed by atoms with Crippen LogP contribution in [0.1, 0.15) is 30.1 Å². The monoisotopic (exact) mass is 325 g/mol. The lowest BCUT2D eigenvalue weighted by Crippen LogP contribution is -2.40. The van der Waals surface area contributed by atoms with E-state index in [2.05, 4.69) is 21.5 Å².